The SMILES string of the molecule is Nc1ccc2c(c1)Cc1cc(N)cc(S(=O)(=O)O)c1-2. The van der Waals surface area contributed by atoms with E-state index in [0.29, 0.717) is 23.4 Å². The van der Waals surface area contributed by atoms with Crippen molar-refractivity contribution in [3.05, 3.63) is 41.5 Å². The Kier molecular flexibility index (Phi) is 2.35. The van der Waals surface area contributed by atoms with Crippen LogP contribution in [0.4, 0.5) is 11.4 Å². The molecule has 0 saturated carbocycles. The molecule has 0 radical (unpaired) electrons. The largest absolute Gasteiger partial charge is 0.399 e. The van der Waals surface area contributed by atoms with Gasteiger partial charge in [-0.1, -0.05) is 6.07 Å². The van der Waals surface area contributed by atoms with E-state index in [1.807, 2.05) is 0 Å². The molecule has 0 aliphatic heterocycles. The minimum absolute atomic E-state index is 0.147. The summed E-state index contributed by atoms with van der Waals surface area (Å²) in [6, 6.07) is 8.28. The van der Waals surface area contributed by atoms with Gasteiger partial charge >= 0.3 is 0 Å². The summed E-state index contributed by atoms with van der Waals surface area (Å²) >= 11 is 0. The van der Waals surface area contributed by atoms with Crippen LogP contribution in [0.3, 0.4) is 0 Å². The van der Waals surface area contributed by atoms with Crippen molar-refractivity contribution < 1.29 is 13.0 Å². The Hall–Kier alpha value is -2.05. The first-order chi connectivity index (χ1) is 8.86. The molecular formula is C13H12N2O3S. The molecule has 5 N–H and O–H groups in total. The summed E-state index contributed by atoms with van der Waals surface area (Å²) in [7, 11) is -4.31. The third kappa shape index (κ3) is 1.85. The molecule has 0 aromatic heterocycles. The van der Waals surface area contributed by atoms with E-state index in [0.717, 1.165) is 16.7 Å². The Bertz CT molecular complexity index is 798. The topological polar surface area (TPSA) is 106 Å². The van der Waals surface area contributed by atoms with Gasteiger partial charge in [-0.2, -0.15) is 8.42 Å². The van der Waals surface area contributed by atoms with E-state index >= 15 is 0 Å². The van der Waals surface area contributed by atoms with Crippen LogP contribution in [0.1, 0.15) is 11.1 Å². The number of anilines is 2. The summed E-state index contributed by atoms with van der Waals surface area (Å²) in [6.07, 6.45) is 0.559. The highest BCUT2D eigenvalue weighted by molar-refractivity contribution is 7.86. The highest BCUT2D eigenvalue weighted by atomic mass is 32.2. The molecule has 0 heterocycles. The summed E-state index contributed by atoms with van der Waals surface area (Å²) in [5.74, 6) is 0. The second-order valence-electron chi connectivity index (χ2n) is 4.62. The summed E-state index contributed by atoms with van der Waals surface area (Å²) in [6.45, 7) is 0. The van der Waals surface area contributed by atoms with E-state index in [9.17, 15) is 13.0 Å². The molecule has 0 spiro atoms. The van der Waals surface area contributed by atoms with Gasteiger partial charge in [-0.15, -0.1) is 0 Å². The number of fused-ring (bicyclic) bond motifs is 3. The fraction of sp³-hybridized carbons (Fsp3) is 0.0769. The van der Waals surface area contributed by atoms with Gasteiger partial charge in [0.15, 0.2) is 0 Å². The third-order valence-corrected chi connectivity index (χ3v) is 4.14. The van der Waals surface area contributed by atoms with Gasteiger partial charge in [0.1, 0.15) is 4.90 Å². The fourth-order valence-corrected chi connectivity index (χ4v) is 3.34. The number of benzene rings is 2. The van der Waals surface area contributed by atoms with Crippen molar-refractivity contribution in [2.24, 2.45) is 0 Å². The monoisotopic (exact) mass is 276 g/mol. The van der Waals surface area contributed by atoms with Crippen molar-refractivity contribution in [3.8, 4) is 11.1 Å². The molecule has 1 aliphatic carbocycles. The van der Waals surface area contributed by atoms with Crippen LogP contribution in [-0.4, -0.2) is 13.0 Å². The van der Waals surface area contributed by atoms with E-state index in [1.165, 1.54) is 6.07 Å². The quantitative estimate of drug-likeness (QED) is 0.463. The van der Waals surface area contributed by atoms with Gasteiger partial charge in [-0.3, -0.25) is 4.55 Å². The molecule has 19 heavy (non-hydrogen) atoms. The Balaban J connectivity index is 2.37. The fourth-order valence-electron chi connectivity index (χ4n) is 2.55. The molecule has 0 atom stereocenters. The molecule has 0 amide bonds. The van der Waals surface area contributed by atoms with Gasteiger partial charge in [-0.05, 0) is 47.4 Å². The lowest BCUT2D eigenvalue weighted by molar-refractivity contribution is 0.483. The van der Waals surface area contributed by atoms with Crippen LogP contribution in [0.5, 0.6) is 0 Å². The number of hydrogen-bond donors (Lipinski definition) is 3. The summed E-state index contributed by atoms with van der Waals surface area (Å²) in [5.41, 5.74) is 15.4. The highest BCUT2D eigenvalue weighted by Crippen LogP contribution is 2.42. The van der Waals surface area contributed by atoms with Crippen LogP contribution >= 0.6 is 0 Å². The molecule has 5 nitrogen and oxygen atoms in total. The molecule has 3 rings (SSSR count). The first-order valence-electron chi connectivity index (χ1n) is 5.65. The second-order valence-corrected chi connectivity index (χ2v) is 6.01. The zero-order valence-corrected chi connectivity index (χ0v) is 10.7. The molecule has 0 fully saturated rings. The van der Waals surface area contributed by atoms with Crippen LogP contribution in [0.15, 0.2) is 35.2 Å². The lowest BCUT2D eigenvalue weighted by Crippen LogP contribution is -2.03. The van der Waals surface area contributed by atoms with Gasteiger partial charge < -0.3 is 11.5 Å². The predicted octanol–water partition coefficient (Wildman–Crippen LogP) is 1.67. The van der Waals surface area contributed by atoms with Crippen molar-refractivity contribution in [1.82, 2.24) is 0 Å². The van der Waals surface area contributed by atoms with E-state index in [-0.39, 0.29) is 4.90 Å². The van der Waals surface area contributed by atoms with E-state index < -0.39 is 10.1 Å². The Labute approximate surface area is 110 Å². The van der Waals surface area contributed by atoms with Crippen LogP contribution in [0.2, 0.25) is 0 Å². The highest BCUT2D eigenvalue weighted by Gasteiger charge is 2.27. The molecule has 2 aromatic rings. The lowest BCUT2D eigenvalue weighted by Gasteiger charge is -2.08. The Morgan fingerprint density at radius 3 is 2.37 bits per heavy atom. The maximum absolute atomic E-state index is 11.5. The van der Waals surface area contributed by atoms with E-state index in [1.54, 1.807) is 24.3 Å². The molecule has 1 aliphatic rings. The van der Waals surface area contributed by atoms with Gasteiger partial charge in [0, 0.05) is 16.9 Å². The van der Waals surface area contributed by atoms with Crippen molar-refractivity contribution in [3.63, 3.8) is 0 Å². The molecule has 0 bridgehead atoms. The number of nitrogens with two attached hydrogens (primary N) is 2. The first kappa shape index (κ1) is 12.0. The standard InChI is InChI=1S/C13H12N2O3S/c14-9-1-2-11-7(4-9)3-8-5-10(15)6-12(13(8)11)19(16,17)18/h1-2,4-6H,3,14-15H2,(H,16,17,18). The van der Waals surface area contributed by atoms with E-state index in [4.69, 9.17) is 11.5 Å². The van der Waals surface area contributed by atoms with Crippen molar-refractivity contribution in [2.75, 3.05) is 11.5 Å². The minimum atomic E-state index is -4.31. The predicted molar refractivity (Wildman–Crippen MR) is 73.3 cm³/mol. The molecule has 2 aromatic carbocycles. The van der Waals surface area contributed by atoms with Crippen molar-refractivity contribution >= 4 is 21.5 Å². The molecule has 0 saturated heterocycles. The molecule has 6 heteroatoms. The molecule has 0 unspecified atom stereocenters. The van der Waals surface area contributed by atoms with Crippen LogP contribution < -0.4 is 11.5 Å². The van der Waals surface area contributed by atoms with Crippen molar-refractivity contribution in [1.29, 1.82) is 0 Å². The zero-order valence-electron chi connectivity index (χ0n) is 9.92. The maximum atomic E-state index is 11.5. The third-order valence-electron chi connectivity index (χ3n) is 3.26. The van der Waals surface area contributed by atoms with Crippen LogP contribution in [-0.2, 0) is 16.5 Å². The van der Waals surface area contributed by atoms with Crippen LogP contribution in [0.25, 0.3) is 11.1 Å². The summed E-state index contributed by atoms with van der Waals surface area (Å²) in [4.78, 5) is -0.147. The average Bonchev–Trinajstić information content (AvgIpc) is 2.62. The normalized spacial score (nSPS) is 13.1. The van der Waals surface area contributed by atoms with Gasteiger partial charge in [-0.25, -0.2) is 0 Å². The summed E-state index contributed by atoms with van der Waals surface area (Å²) in [5, 5.41) is 0. The molecule has 98 valence electrons. The zero-order chi connectivity index (χ0) is 13.8. The second kappa shape index (κ2) is 3.72. The number of rotatable bonds is 1. The number of nitrogen functional groups attached to an aromatic ring is 2. The van der Waals surface area contributed by atoms with E-state index in [2.05, 4.69) is 0 Å². The maximum Gasteiger partial charge on any atom is 0.295 e. The number of hydrogen-bond acceptors (Lipinski definition) is 4. The molecular weight excluding hydrogens is 264 g/mol. The first-order valence-corrected chi connectivity index (χ1v) is 7.09. The van der Waals surface area contributed by atoms with Crippen LogP contribution in [0, 0.1) is 0 Å². The Morgan fingerprint density at radius 1 is 1.00 bits per heavy atom. The smallest absolute Gasteiger partial charge is 0.295 e. The van der Waals surface area contributed by atoms with Crippen molar-refractivity contribution in [2.45, 2.75) is 11.3 Å². The van der Waals surface area contributed by atoms with Gasteiger partial charge in [0.25, 0.3) is 10.1 Å². The lowest BCUT2D eigenvalue weighted by atomic mass is 10.1. The van der Waals surface area contributed by atoms with Gasteiger partial charge in [0.05, 0.1) is 0 Å². The minimum Gasteiger partial charge on any atom is -0.399 e. The average molecular weight is 276 g/mol. The summed E-state index contributed by atoms with van der Waals surface area (Å²) < 4.78 is 32.3. The Morgan fingerprint density at radius 2 is 1.68 bits per heavy atom. The van der Waals surface area contributed by atoms with Gasteiger partial charge in [0.2, 0.25) is 0 Å².